The van der Waals surface area contributed by atoms with Crippen LogP contribution >= 0.6 is 0 Å². The lowest BCUT2D eigenvalue weighted by Gasteiger charge is -2.09. The van der Waals surface area contributed by atoms with Gasteiger partial charge in [-0.1, -0.05) is 0 Å². The average molecular weight is 310 g/mol. The number of benzene rings is 1. The fourth-order valence-corrected chi connectivity index (χ4v) is 2.77. The van der Waals surface area contributed by atoms with E-state index < -0.39 is 16.0 Å². The van der Waals surface area contributed by atoms with Gasteiger partial charge in [0, 0.05) is 13.2 Å². The van der Waals surface area contributed by atoms with Crippen LogP contribution in [0, 0.1) is 6.92 Å². The number of nitrogen functional groups attached to an aromatic ring is 1. The molecular formula is C12H14N4O4S. The number of sulfonamides is 1. The van der Waals surface area contributed by atoms with Crippen molar-refractivity contribution in [1.82, 2.24) is 9.55 Å². The molecule has 0 amide bonds. The maximum absolute atomic E-state index is 12.2. The molecule has 1 aromatic carbocycles. The van der Waals surface area contributed by atoms with E-state index >= 15 is 0 Å². The molecule has 2 rings (SSSR count). The van der Waals surface area contributed by atoms with Crippen molar-refractivity contribution in [3.63, 3.8) is 0 Å². The first-order valence-electron chi connectivity index (χ1n) is 5.86. The summed E-state index contributed by atoms with van der Waals surface area (Å²) in [6.45, 7) is 1.68. The standard InChI is InChI=1S/C12H14N4O4S/c1-7-14-11(6-16(7)2)21(19,20)15-10-4-3-8(12(17)18)5-9(10)13/h3-6,15H,13H2,1-2H3,(H,17,18). The van der Waals surface area contributed by atoms with Gasteiger partial charge in [0.1, 0.15) is 5.82 Å². The van der Waals surface area contributed by atoms with Crippen molar-refractivity contribution in [3.05, 3.63) is 35.8 Å². The maximum atomic E-state index is 12.2. The lowest BCUT2D eigenvalue weighted by molar-refractivity contribution is 0.0697. The highest BCUT2D eigenvalue weighted by Gasteiger charge is 2.20. The van der Waals surface area contributed by atoms with Gasteiger partial charge in [0.05, 0.1) is 16.9 Å². The zero-order chi connectivity index (χ0) is 15.8. The highest BCUT2D eigenvalue weighted by atomic mass is 32.2. The first-order chi connectivity index (χ1) is 9.70. The van der Waals surface area contributed by atoms with E-state index in [1.807, 2.05) is 0 Å². The van der Waals surface area contributed by atoms with E-state index in [0.29, 0.717) is 5.82 Å². The van der Waals surface area contributed by atoms with E-state index in [9.17, 15) is 13.2 Å². The van der Waals surface area contributed by atoms with Gasteiger partial charge in [0.2, 0.25) is 0 Å². The summed E-state index contributed by atoms with van der Waals surface area (Å²) in [5, 5.41) is 8.70. The molecule has 112 valence electrons. The summed E-state index contributed by atoms with van der Waals surface area (Å²) in [4.78, 5) is 14.7. The van der Waals surface area contributed by atoms with Gasteiger partial charge in [-0.15, -0.1) is 0 Å². The van der Waals surface area contributed by atoms with Gasteiger partial charge < -0.3 is 15.4 Å². The first-order valence-corrected chi connectivity index (χ1v) is 7.34. The zero-order valence-corrected chi connectivity index (χ0v) is 12.2. The normalized spacial score (nSPS) is 11.3. The van der Waals surface area contributed by atoms with Crippen LogP contribution in [0.1, 0.15) is 16.2 Å². The molecule has 0 aliphatic carbocycles. The Balaban J connectivity index is 2.35. The molecule has 2 aromatic rings. The number of carboxylic acids is 1. The summed E-state index contributed by atoms with van der Waals surface area (Å²) in [6, 6.07) is 3.75. The predicted octanol–water partition coefficient (Wildman–Crippen LogP) is 0.810. The van der Waals surface area contributed by atoms with Crippen LogP contribution in [0.3, 0.4) is 0 Å². The molecule has 8 nitrogen and oxygen atoms in total. The van der Waals surface area contributed by atoms with Crippen LogP contribution in [-0.2, 0) is 17.1 Å². The summed E-state index contributed by atoms with van der Waals surface area (Å²) in [5.74, 6) is -0.596. The number of imidazole rings is 1. The summed E-state index contributed by atoms with van der Waals surface area (Å²) in [7, 11) is -2.20. The van der Waals surface area contributed by atoms with Gasteiger partial charge in [0.25, 0.3) is 10.0 Å². The van der Waals surface area contributed by atoms with Crippen molar-refractivity contribution in [3.8, 4) is 0 Å². The minimum atomic E-state index is -3.88. The number of aromatic carboxylic acids is 1. The van der Waals surface area contributed by atoms with Crippen LogP contribution in [-0.4, -0.2) is 29.0 Å². The lowest BCUT2D eigenvalue weighted by Crippen LogP contribution is -2.15. The summed E-state index contributed by atoms with van der Waals surface area (Å²) in [5.41, 5.74) is 5.76. The Morgan fingerprint density at radius 1 is 1.43 bits per heavy atom. The maximum Gasteiger partial charge on any atom is 0.335 e. The number of carbonyl (C=O) groups is 1. The highest BCUT2D eigenvalue weighted by molar-refractivity contribution is 7.92. The molecule has 21 heavy (non-hydrogen) atoms. The first kappa shape index (κ1) is 14.9. The smallest absolute Gasteiger partial charge is 0.335 e. The Labute approximate surface area is 121 Å². The SMILES string of the molecule is Cc1nc(S(=O)(=O)Nc2ccc(C(=O)O)cc2N)cn1C. The Kier molecular flexibility index (Phi) is 3.60. The van der Waals surface area contributed by atoms with Gasteiger partial charge in [-0.25, -0.2) is 9.78 Å². The fourth-order valence-electron chi connectivity index (χ4n) is 1.64. The van der Waals surface area contributed by atoms with Crippen LogP contribution < -0.4 is 10.5 Å². The van der Waals surface area contributed by atoms with E-state index in [-0.39, 0.29) is 22.0 Å². The number of carboxylic acid groups (broad SMARTS) is 1. The van der Waals surface area contributed by atoms with Crippen LogP contribution in [0.2, 0.25) is 0 Å². The zero-order valence-electron chi connectivity index (χ0n) is 11.4. The van der Waals surface area contributed by atoms with Crippen LogP contribution in [0.5, 0.6) is 0 Å². The minimum absolute atomic E-state index is 0.0196. The molecule has 0 bridgehead atoms. The molecule has 1 aromatic heterocycles. The topological polar surface area (TPSA) is 127 Å². The van der Waals surface area contributed by atoms with Crippen molar-refractivity contribution in [2.75, 3.05) is 10.5 Å². The van der Waals surface area contributed by atoms with E-state index in [2.05, 4.69) is 9.71 Å². The van der Waals surface area contributed by atoms with Crippen LogP contribution in [0.4, 0.5) is 11.4 Å². The molecule has 0 aliphatic heterocycles. The number of nitrogens with zero attached hydrogens (tertiary/aromatic N) is 2. The number of hydrogen-bond donors (Lipinski definition) is 3. The molecule has 0 unspecified atom stereocenters. The molecule has 4 N–H and O–H groups in total. The lowest BCUT2D eigenvalue weighted by atomic mass is 10.2. The molecule has 0 atom stereocenters. The second-order valence-corrected chi connectivity index (χ2v) is 6.08. The van der Waals surface area contributed by atoms with Gasteiger partial charge in [-0.05, 0) is 25.1 Å². The second kappa shape index (κ2) is 5.09. The number of hydrogen-bond acceptors (Lipinski definition) is 5. The number of nitrogens with one attached hydrogen (secondary N) is 1. The third-order valence-electron chi connectivity index (χ3n) is 2.90. The molecule has 0 saturated carbocycles. The summed E-state index contributed by atoms with van der Waals surface area (Å²) >= 11 is 0. The Hall–Kier alpha value is -2.55. The van der Waals surface area contributed by atoms with Gasteiger partial charge in [-0.3, -0.25) is 4.72 Å². The van der Waals surface area contributed by atoms with Crippen molar-refractivity contribution in [1.29, 1.82) is 0 Å². The van der Waals surface area contributed by atoms with Crippen molar-refractivity contribution in [2.24, 2.45) is 7.05 Å². The fraction of sp³-hybridized carbons (Fsp3) is 0.167. The van der Waals surface area contributed by atoms with Crippen molar-refractivity contribution < 1.29 is 18.3 Å². The monoisotopic (exact) mass is 310 g/mol. The minimum Gasteiger partial charge on any atom is -0.478 e. The van der Waals surface area contributed by atoms with E-state index in [1.54, 1.807) is 18.5 Å². The summed E-state index contributed by atoms with van der Waals surface area (Å²) < 4.78 is 28.2. The largest absolute Gasteiger partial charge is 0.478 e. The van der Waals surface area contributed by atoms with E-state index in [4.69, 9.17) is 10.8 Å². The Morgan fingerprint density at radius 3 is 2.57 bits per heavy atom. The molecule has 9 heteroatoms. The quantitative estimate of drug-likeness (QED) is 0.717. The molecule has 0 spiro atoms. The summed E-state index contributed by atoms with van der Waals surface area (Å²) in [6.07, 6.45) is 1.37. The number of aryl methyl sites for hydroxylation is 2. The second-order valence-electron chi connectivity index (χ2n) is 4.45. The molecular weight excluding hydrogens is 296 g/mol. The van der Waals surface area contributed by atoms with Gasteiger partial charge in [0.15, 0.2) is 5.03 Å². The number of aromatic nitrogens is 2. The molecule has 0 fully saturated rings. The third kappa shape index (κ3) is 2.97. The van der Waals surface area contributed by atoms with Gasteiger partial charge >= 0.3 is 5.97 Å². The number of rotatable bonds is 4. The van der Waals surface area contributed by atoms with Crippen molar-refractivity contribution in [2.45, 2.75) is 11.9 Å². The van der Waals surface area contributed by atoms with E-state index in [0.717, 1.165) is 0 Å². The Bertz CT molecular complexity index is 791. The molecule has 0 saturated heterocycles. The molecule has 1 heterocycles. The third-order valence-corrected chi connectivity index (χ3v) is 4.14. The highest BCUT2D eigenvalue weighted by Crippen LogP contribution is 2.23. The van der Waals surface area contributed by atoms with Gasteiger partial charge in [-0.2, -0.15) is 8.42 Å². The molecule has 0 radical (unpaired) electrons. The van der Waals surface area contributed by atoms with Crippen LogP contribution in [0.15, 0.2) is 29.4 Å². The number of anilines is 2. The predicted molar refractivity (Wildman–Crippen MR) is 76.6 cm³/mol. The van der Waals surface area contributed by atoms with Crippen LogP contribution in [0.25, 0.3) is 0 Å². The molecule has 0 aliphatic rings. The van der Waals surface area contributed by atoms with Crippen molar-refractivity contribution >= 4 is 27.4 Å². The van der Waals surface area contributed by atoms with E-state index in [1.165, 1.54) is 24.4 Å². The average Bonchev–Trinajstić information content (AvgIpc) is 2.72. The Morgan fingerprint density at radius 2 is 2.10 bits per heavy atom. The number of nitrogens with two attached hydrogens (primary N) is 1.